The number of aryl methyl sites for hydroxylation is 3. The van der Waals surface area contributed by atoms with Crippen molar-refractivity contribution in [3.05, 3.63) is 82.9 Å². The Morgan fingerprint density at radius 3 is 2.37 bits per heavy atom. The van der Waals surface area contributed by atoms with Gasteiger partial charge in [-0.3, -0.25) is 0 Å². The predicted molar refractivity (Wildman–Crippen MR) is 111 cm³/mol. The number of ether oxygens (including phenoxy) is 1. The average molecular weight is 356 g/mol. The van der Waals surface area contributed by atoms with Gasteiger partial charge in [0, 0.05) is 5.56 Å². The van der Waals surface area contributed by atoms with Gasteiger partial charge >= 0.3 is 0 Å². The first-order valence-electron chi connectivity index (χ1n) is 9.23. The smallest absolute Gasteiger partial charge is 0.141 e. The number of rotatable bonds is 4. The maximum absolute atomic E-state index is 5.42. The Balaban J connectivity index is 1.91. The average Bonchev–Trinajstić information content (AvgIpc) is 3.03. The van der Waals surface area contributed by atoms with Crippen molar-refractivity contribution in [1.82, 2.24) is 9.55 Å². The first-order valence-corrected chi connectivity index (χ1v) is 9.23. The fraction of sp³-hybridized carbons (Fsp3) is 0.208. The second kappa shape index (κ2) is 6.92. The molecule has 0 unspecified atom stereocenters. The topological polar surface area (TPSA) is 27.1 Å². The van der Waals surface area contributed by atoms with E-state index < -0.39 is 0 Å². The minimum atomic E-state index is 0.797. The van der Waals surface area contributed by atoms with E-state index in [-0.39, 0.29) is 0 Å². The number of methoxy groups -OCH3 is 1. The van der Waals surface area contributed by atoms with Crippen LogP contribution < -0.4 is 4.74 Å². The van der Waals surface area contributed by atoms with E-state index in [9.17, 15) is 0 Å². The van der Waals surface area contributed by atoms with Crippen molar-refractivity contribution < 1.29 is 4.74 Å². The molecule has 27 heavy (non-hydrogen) atoms. The number of para-hydroxylation sites is 2. The molecule has 0 aliphatic carbocycles. The maximum Gasteiger partial charge on any atom is 0.141 e. The van der Waals surface area contributed by atoms with E-state index in [1.807, 2.05) is 24.3 Å². The van der Waals surface area contributed by atoms with Crippen molar-refractivity contribution in [2.45, 2.75) is 27.3 Å². The molecule has 1 heterocycles. The van der Waals surface area contributed by atoms with E-state index >= 15 is 0 Å². The molecule has 1 aromatic heterocycles. The number of benzene rings is 3. The highest BCUT2D eigenvalue weighted by Crippen LogP contribution is 2.29. The first-order chi connectivity index (χ1) is 13.1. The summed E-state index contributed by atoms with van der Waals surface area (Å²) in [4.78, 5) is 4.94. The number of hydrogen-bond donors (Lipinski definition) is 0. The van der Waals surface area contributed by atoms with Crippen LogP contribution >= 0.6 is 0 Å². The van der Waals surface area contributed by atoms with Crippen molar-refractivity contribution in [1.29, 1.82) is 0 Å². The van der Waals surface area contributed by atoms with E-state index in [4.69, 9.17) is 9.72 Å². The van der Waals surface area contributed by atoms with E-state index in [0.717, 1.165) is 34.7 Å². The van der Waals surface area contributed by atoms with E-state index in [1.54, 1.807) is 7.11 Å². The van der Waals surface area contributed by atoms with Gasteiger partial charge in [-0.15, -0.1) is 0 Å². The van der Waals surface area contributed by atoms with Crippen LogP contribution in [-0.4, -0.2) is 16.7 Å². The van der Waals surface area contributed by atoms with Crippen molar-refractivity contribution in [3.8, 4) is 17.1 Å². The Bertz CT molecular complexity index is 1100. The quantitative estimate of drug-likeness (QED) is 0.470. The lowest BCUT2D eigenvalue weighted by Gasteiger charge is -2.15. The molecule has 0 aliphatic heterocycles. The molecule has 0 bridgehead atoms. The minimum absolute atomic E-state index is 0.797. The molecule has 3 nitrogen and oxygen atoms in total. The third-order valence-corrected chi connectivity index (χ3v) is 5.14. The zero-order valence-electron chi connectivity index (χ0n) is 16.3. The van der Waals surface area contributed by atoms with E-state index in [2.05, 4.69) is 61.7 Å². The molecule has 0 radical (unpaired) electrons. The normalized spacial score (nSPS) is 11.1. The zero-order chi connectivity index (χ0) is 19.0. The van der Waals surface area contributed by atoms with Crippen LogP contribution in [0.2, 0.25) is 0 Å². The standard InChI is InChI=1S/C24H24N2O/c1-16-12-17(2)21(18(3)13-16)15-26-23-11-6-5-10-22(23)25-24(26)19-8-7-9-20(14-19)27-4/h5-14H,15H2,1-4H3. The number of nitrogens with zero attached hydrogens (tertiary/aromatic N) is 2. The summed E-state index contributed by atoms with van der Waals surface area (Å²) in [7, 11) is 1.70. The highest BCUT2D eigenvalue weighted by molar-refractivity contribution is 5.81. The highest BCUT2D eigenvalue weighted by Gasteiger charge is 2.15. The fourth-order valence-electron chi connectivity index (χ4n) is 3.84. The molecule has 3 heteroatoms. The molecular formula is C24H24N2O. The van der Waals surface area contributed by atoms with Crippen molar-refractivity contribution in [3.63, 3.8) is 0 Å². The second-order valence-corrected chi connectivity index (χ2v) is 7.12. The Kier molecular flexibility index (Phi) is 4.44. The van der Waals surface area contributed by atoms with Crippen LogP contribution in [0.5, 0.6) is 5.75 Å². The molecule has 0 saturated carbocycles. The molecule has 4 aromatic rings. The summed E-state index contributed by atoms with van der Waals surface area (Å²) in [5.74, 6) is 1.81. The molecule has 0 amide bonds. The Labute approximate surface area is 160 Å². The Hall–Kier alpha value is -3.07. The number of aromatic nitrogens is 2. The number of fused-ring (bicyclic) bond motifs is 1. The van der Waals surface area contributed by atoms with Crippen LogP contribution in [0.25, 0.3) is 22.4 Å². The fourth-order valence-corrected chi connectivity index (χ4v) is 3.84. The second-order valence-electron chi connectivity index (χ2n) is 7.12. The highest BCUT2D eigenvalue weighted by atomic mass is 16.5. The molecule has 0 spiro atoms. The largest absolute Gasteiger partial charge is 0.497 e. The molecule has 0 fully saturated rings. The van der Waals surface area contributed by atoms with Gasteiger partial charge in [0.15, 0.2) is 0 Å². The summed E-state index contributed by atoms with van der Waals surface area (Å²) in [5, 5.41) is 0. The van der Waals surface area contributed by atoms with E-state index in [1.165, 1.54) is 22.3 Å². The lowest BCUT2D eigenvalue weighted by Crippen LogP contribution is -2.06. The molecule has 0 aliphatic rings. The SMILES string of the molecule is COc1cccc(-c2nc3ccccc3n2Cc2c(C)cc(C)cc2C)c1. The lowest BCUT2D eigenvalue weighted by atomic mass is 9.99. The third-order valence-electron chi connectivity index (χ3n) is 5.14. The Morgan fingerprint density at radius 2 is 1.63 bits per heavy atom. The van der Waals surface area contributed by atoms with Crippen LogP contribution in [-0.2, 0) is 6.54 Å². The minimum Gasteiger partial charge on any atom is -0.497 e. The van der Waals surface area contributed by atoms with Crippen molar-refractivity contribution >= 4 is 11.0 Å². The molecule has 0 saturated heterocycles. The third kappa shape index (κ3) is 3.21. The summed E-state index contributed by atoms with van der Waals surface area (Å²) in [6, 6.07) is 21.0. The van der Waals surface area contributed by atoms with Gasteiger partial charge in [0.25, 0.3) is 0 Å². The van der Waals surface area contributed by atoms with Crippen LogP contribution in [0.3, 0.4) is 0 Å². The van der Waals surface area contributed by atoms with Crippen LogP contribution in [0.1, 0.15) is 22.3 Å². The monoisotopic (exact) mass is 356 g/mol. The number of hydrogen-bond acceptors (Lipinski definition) is 2. The van der Waals surface area contributed by atoms with Crippen LogP contribution in [0.15, 0.2) is 60.7 Å². The van der Waals surface area contributed by atoms with Gasteiger partial charge in [-0.05, 0) is 61.7 Å². The molecule has 136 valence electrons. The number of imidazole rings is 1. The molecular weight excluding hydrogens is 332 g/mol. The van der Waals surface area contributed by atoms with Crippen LogP contribution in [0.4, 0.5) is 0 Å². The van der Waals surface area contributed by atoms with Gasteiger partial charge in [-0.25, -0.2) is 4.98 Å². The predicted octanol–water partition coefficient (Wildman–Crippen LogP) is 5.69. The van der Waals surface area contributed by atoms with E-state index in [0.29, 0.717) is 0 Å². The van der Waals surface area contributed by atoms with Gasteiger partial charge in [0.2, 0.25) is 0 Å². The van der Waals surface area contributed by atoms with Crippen molar-refractivity contribution in [2.24, 2.45) is 0 Å². The Morgan fingerprint density at radius 1 is 0.889 bits per heavy atom. The molecule has 0 N–H and O–H groups in total. The van der Waals surface area contributed by atoms with Gasteiger partial charge in [0.05, 0.1) is 24.7 Å². The first kappa shape index (κ1) is 17.3. The summed E-state index contributed by atoms with van der Waals surface area (Å²) in [6.45, 7) is 7.34. The van der Waals surface area contributed by atoms with Crippen molar-refractivity contribution in [2.75, 3.05) is 7.11 Å². The summed E-state index contributed by atoms with van der Waals surface area (Å²) < 4.78 is 7.74. The summed E-state index contributed by atoms with van der Waals surface area (Å²) in [5.41, 5.74) is 8.52. The zero-order valence-corrected chi connectivity index (χ0v) is 16.3. The van der Waals surface area contributed by atoms with Gasteiger partial charge in [-0.1, -0.05) is 42.0 Å². The van der Waals surface area contributed by atoms with Gasteiger partial charge < -0.3 is 9.30 Å². The maximum atomic E-state index is 5.42. The summed E-state index contributed by atoms with van der Waals surface area (Å²) >= 11 is 0. The van der Waals surface area contributed by atoms with Crippen LogP contribution in [0, 0.1) is 20.8 Å². The molecule has 0 atom stereocenters. The van der Waals surface area contributed by atoms with Gasteiger partial charge in [0.1, 0.15) is 11.6 Å². The summed E-state index contributed by atoms with van der Waals surface area (Å²) in [6.07, 6.45) is 0. The molecule has 4 rings (SSSR count). The van der Waals surface area contributed by atoms with Gasteiger partial charge in [-0.2, -0.15) is 0 Å². The lowest BCUT2D eigenvalue weighted by molar-refractivity contribution is 0.415. The molecule has 3 aromatic carbocycles.